The maximum Gasteiger partial charge on any atom is 0.00827 e. The number of benzene rings is 1. The molecule has 0 saturated heterocycles. The van der Waals surface area contributed by atoms with E-state index in [0.717, 1.165) is 12.5 Å². The van der Waals surface area contributed by atoms with Gasteiger partial charge in [0.2, 0.25) is 0 Å². The lowest BCUT2D eigenvalue weighted by atomic mass is 9.59. The first-order valence-corrected chi connectivity index (χ1v) is 7.13. The molecule has 1 aromatic carbocycles. The van der Waals surface area contributed by atoms with E-state index < -0.39 is 0 Å². The minimum Gasteiger partial charge on any atom is -0.319 e. The van der Waals surface area contributed by atoms with Crippen LogP contribution in [0.2, 0.25) is 0 Å². The van der Waals surface area contributed by atoms with E-state index in [4.69, 9.17) is 0 Å². The zero-order chi connectivity index (χ0) is 13.4. The molecule has 1 aliphatic carbocycles. The molecule has 0 atom stereocenters. The molecule has 0 amide bonds. The number of hydrogen-bond donors (Lipinski definition) is 1. The molecule has 1 aliphatic rings. The van der Waals surface area contributed by atoms with Gasteiger partial charge in [0.15, 0.2) is 0 Å². The van der Waals surface area contributed by atoms with Crippen LogP contribution in [0.1, 0.15) is 51.7 Å². The van der Waals surface area contributed by atoms with Gasteiger partial charge in [-0.3, -0.25) is 0 Å². The Hall–Kier alpha value is -0.820. The van der Waals surface area contributed by atoms with Crippen LogP contribution in [0, 0.1) is 5.92 Å². The van der Waals surface area contributed by atoms with Gasteiger partial charge in [-0.2, -0.15) is 0 Å². The normalized spacial score (nSPS) is 27.9. The molecule has 0 radical (unpaired) electrons. The van der Waals surface area contributed by atoms with Crippen molar-refractivity contribution in [3.05, 3.63) is 35.4 Å². The maximum atomic E-state index is 3.37. The molecule has 0 heterocycles. The molecule has 18 heavy (non-hydrogen) atoms. The van der Waals surface area contributed by atoms with Crippen molar-refractivity contribution in [3.63, 3.8) is 0 Å². The van der Waals surface area contributed by atoms with Gasteiger partial charge in [0.25, 0.3) is 0 Å². The average Bonchev–Trinajstić information content (AvgIpc) is 2.26. The standard InChI is InChI=1S/C17H27N/c1-13-10-17(11-13,12-18-5)15-8-6-14(7-9-15)16(2,3)4/h6-9,13,18H,10-12H2,1-5H3. The fraction of sp³-hybridized carbons (Fsp3) is 0.647. The molecular weight excluding hydrogens is 218 g/mol. The Balaban J connectivity index is 2.23. The fourth-order valence-electron chi connectivity index (χ4n) is 3.42. The van der Waals surface area contributed by atoms with Gasteiger partial charge < -0.3 is 5.32 Å². The molecule has 0 aromatic heterocycles. The summed E-state index contributed by atoms with van der Waals surface area (Å²) >= 11 is 0. The molecule has 1 heteroatoms. The lowest BCUT2D eigenvalue weighted by Gasteiger charge is -2.47. The van der Waals surface area contributed by atoms with E-state index in [-0.39, 0.29) is 5.41 Å². The van der Waals surface area contributed by atoms with E-state index in [1.165, 1.54) is 24.0 Å². The first kappa shape index (κ1) is 13.6. The minimum absolute atomic E-state index is 0.252. The van der Waals surface area contributed by atoms with Gasteiger partial charge in [0.1, 0.15) is 0 Å². The summed E-state index contributed by atoms with van der Waals surface area (Å²) in [5, 5.41) is 3.37. The summed E-state index contributed by atoms with van der Waals surface area (Å²) in [5.41, 5.74) is 3.59. The predicted molar refractivity (Wildman–Crippen MR) is 79.1 cm³/mol. The van der Waals surface area contributed by atoms with Crippen molar-refractivity contribution in [1.29, 1.82) is 0 Å². The lowest BCUT2D eigenvalue weighted by molar-refractivity contribution is 0.155. The van der Waals surface area contributed by atoms with Gasteiger partial charge in [-0.05, 0) is 42.3 Å². The molecule has 1 fully saturated rings. The third-order valence-corrected chi connectivity index (χ3v) is 4.36. The Bertz CT molecular complexity index is 385. The highest BCUT2D eigenvalue weighted by molar-refractivity contribution is 5.34. The highest BCUT2D eigenvalue weighted by Gasteiger charge is 2.42. The smallest absolute Gasteiger partial charge is 0.00827 e. The van der Waals surface area contributed by atoms with Crippen LogP contribution >= 0.6 is 0 Å². The topological polar surface area (TPSA) is 12.0 Å². The van der Waals surface area contributed by atoms with Gasteiger partial charge in [0.05, 0.1) is 0 Å². The maximum absolute atomic E-state index is 3.37. The summed E-state index contributed by atoms with van der Waals surface area (Å²) in [4.78, 5) is 0. The highest BCUT2D eigenvalue weighted by Crippen LogP contribution is 2.47. The second-order valence-corrected chi connectivity index (χ2v) is 7.15. The Labute approximate surface area is 112 Å². The molecule has 2 rings (SSSR count). The first-order valence-electron chi connectivity index (χ1n) is 7.13. The summed E-state index contributed by atoms with van der Waals surface area (Å²) in [6.07, 6.45) is 2.64. The summed E-state index contributed by atoms with van der Waals surface area (Å²) in [7, 11) is 2.06. The van der Waals surface area contributed by atoms with Gasteiger partial charge >= 0.3 is 0 Å². The lowest BCUT2D eigenvalue weighted by Crippen LogP contribution is -2.47. The van der Waals surface area contributed by atoms with E-state index in [9.17, 15) is 0 Å². The molecule has 1 nitrogen and oxygen atoms in total. The SMILES string of the molecule is CNCC1(c2ccc(C(C)(C)C)cc2)CC(C)C1. The Kier molecular flexibility index (Phi) is 3.55. The third-order valence-electron chi connectivity index (χ3n) is 4.36. The Morgan fingerprint density at radius 3 is 2.11 bits per heavy atom. The van der Waals surface area contributed by atoms with E-state index >= 15 is 0 Å². The second kappa shape index (κ2) is 4.70. The van der Waals surface area contributed by atoms with Crippen molar-refractivity contribution in [1.82, 2.24) is 5.32 Å². The molecule has 0 aliphatic heterocycles. The highest BCUT2D eigenvalue weighted by atomic mass is 14.8. The second-order valence-electron chi connectivity index (χ2n) is 7.15. The van der Waals surface area contributed by atoms with Crippen LogP contribution < -0.4 is 5.32 Å². The van der Waals surface area contributed by atoms with Crippen LogP contribution in [-0.4, -0.2) is 13.6 Å². The first-order chi connectivity index (χ1) is 8.37. The van der Waals surface area contributed by atoms with E-state index in [0.29, 0.717) is 5.41 Å². The zero-order valence-corrected chi connectivity index (χ0v) is 12.5. The zero-order valence-electron chi connectivity index (χ0n) is 12.5. The van der Waals surface area contributed by atoms with Crippen LogP contribution in [0.25, 0.3) is 0 Å². The van der Waals surface area contributed by atoms with Crippen LogP contribution in [0.5, 0.6) is 0 Å². The Morgan fingerprint density at radius 1 is 1.17 bits per heavy atom. The van der Waals surface area contributed by atoms with E-state index in [2.05, 4.69) is 64.3 Å². The monoisotopic (exact) mass is 245 g/mol. The fourth-order valence-corrected chi connectivity index (χ4v) is 3.42. The van der Waals surface area contributed by atoms with Crippen molar-refractivity contribution in [2.75, 3.05) is 13.6 Å². The van der Waals surface area contributed by atoms with Crippen LogP contribution in [0.4, 0.5) is 0 Å². The minimum atomic E-state index is 0.252. The summed E-state index contributed by atoms with van der Waals surface area (Å²) in [6, 6.07) is 9.33. The molecule has 1 aromatic rings. The number of nitrogens with one attached hydrogen (secondary N) is 1. The number of likely N-dealkylation sites (N-methyl/N-ethyl adjacent to an activating group) is 1. The molecule has 0 spiro atoms. The van der Waals surface area contributed by atoms with Gasteiger partial charge in [-0.1, -0.05) is 52.0 Å². The van der Waals surface area contributed by atoms with Crippen molar-refractivity contribution in [3.8, 4) is 0 Å². The van der Waals surface area contributed by atoms with Crippen molar-refractivity contribution >= 4 is 0 Å². The van der Waals surface area contributed by atoms with Crippen molar-refractivity contribution < 1.29 is 0 Å². The van der Waals surface area contributed by atoms with Crippen molar-refractivity contribution in [2.24, 2.45) is 5.92 Å². The Morgan fingerprint density at radius 2 is 1.72 bits per heavy atom. The summed E-state index contributed by atoms with van der Waals surface area (Å²) in [5.74, 6) is 0.876. The summed E-state index contributed by atoms with van der Waals surface area (Å²) in [6.45, 7) is 10.3. The molecule has 1 saturated carbocycles. The van der Waals surface area contributed by atoms with Crippen LogP contribution in [0.15, 0.2) is 24.3 Å². The van der Waals surface area contributed by atoms with Gasteiger partial charge in [-0.25, -0.2) is 0 Å². The molecule has 1 N–H and O–H groups in total. The summed E-state index contributed by atoms with van der Waals surface area (Å²) < 4.78 is 0. The van der Waals surface area contributed by atoms with Gasteiger partial charge in [-0.15, -0.1) is 0 Å². The van der Waals surface area contributed by atoms with Crippen LogP contribution in [0.3, 0.4) is 0 Å². The average molecular weight is 245 g/mol. The quantitative estimate of drug-likeness (QED) is 0.852. The molecule has 0 unspecified atom stereocenters. The predicted octanol–water partition coefficient (Wildman–Crippen LogP) is 3.87. The molecule has 0 bridgehead atoms. The van der Waals surface area contributed by atoms with E-state index in [1.807, 2.05) is 0 Å². The number of rotatable bonds is 3. The van der Waals surface area contributed by atoms with Crippen molar-refractivity contribution in [2.45, 2.75) is 51.4 Å². The van der Waals surface area contributed by atoms with E-state index in [1.54, 1.807) is 0 Å². The number of hydrogen-bond acceptors (Lipinski definition) is 1. The van der Waals surface area contributed by atoms with Crippen LogP contribution in [-0.2, 0) is 10.8 Å². The third kappa shape index (κ3) is 2.47. The molecular formula is C17H27N. The van der Waals surface area contributed by atoms with Gasteiger partial charge in [0, 0.05) is 12.0 Å². The largest absolute Gasteiger partial charge is 0.319 e. The molecule has 100 valence electrons.